The molecule has 1 heterocycles. The van der Waals surface area contributed by atoms with E-state index in [1.807, 2.05) is 0 Å². The third kappa shape index (κ3) is 2.03. The van der Waals surface area contributed by atoms with E-state index in [9.17, 15) is 18.4 Å². The summed E-state index contributed by atoms with van der Waals surface area (Å²) in [7, 11) is 0. The molecule has 1 aromatic carbocycles. The summed E-state index contributed by atoms with van der Waals surface area (Å²) in [6, 6.07) is 3.87. The van der Waals surface area contributed by atoms with Crippen LogP contribution in [0.4, 0.5) is 8.78 Å². The molecule has 0 aliphatic carbocycles. The number of hydrogen-bond donors (Lipinski definition) is 2. The maximum absolute atomic E-state index is 12.3. The van der Waals surface area contributed by atoms with Crippen LogP contribution in [0.2, 0.25) is 0 Å². The van der Waals surface area contributed by atoms with Crippen LogP contribution < -0.4 is 5.69 Å². The van der Waals surface area contributed by atoms with Crippen LogP contribution in [0.5, 0.6) is 0 Å². The van der Waals surface area contributed by atoms with Crippen molar-refractivity contribution >= 4 is 17.0 Å². The number of fused-ring (bicyclic) bond motifs is 1. The molecular weight excluding hydrogens is 234 g/mol. The number of halogens is 2. The fourth-order valence-electron chi connectivity index (χ4n) is 1.61. The van der Waals surface area contributed by atoms with Gasteiger partial charge in [0.15, 0.2) is 0 Å². The molecule has 7 heteroatoms. The zero-order valence-corrected chi connectivity index (χ0v) is 8.48. The van der Waals surface area contributed by atoms with Gasteiger partial charge in [0.1, 0.15) is 0 Å². The molecule has 0 spiro atoms. The maximum Gasteiger partial charge on any atom is 0.335 e. The quantitative estimate of drug-likeness (QED) is 0.851. The first kappa shape index (κ1) is 11.3. The lowest BCUT2D eigenvalue weighted by molar-refractivity contribution is 0.0697. The summed E-state index contributed by atoms with van der Waals surface area (Å²) in [6.45, 7) is -0.762. The number of hydrogen-bond acceptors (Lipinski definition) is 2. The maximum atomic E-state index is 12.3. The monoisotopic (exact) mass is 242 g/mol. The van der Waals surface area contributed by atoms with Crippen LogP contribution in [0.15, 0.2) is 23.0 Å². The first-order chi connectivity index (χ1) is 7.99. The van der Waals surface area contributed by atoms with Gasteiger partial charge in [-0.1, -0.05) is 0 Å². The summed E-state index contributed by atoms with van der Waals surface area (Å²) >= 11 is 0. The second-order valence-corrected chi connectivity index (χ2v) is 3.47. The normalized spacial score (nSPS) is 11.2. The topological polar surface area (TPSA) is 75.1 Å². The number of carboxylic acids is 1. The molecule has 0 amide bonds. The summed E-state index contributed by atoms with van der Waals surface area (Å²) in [5.41, 5.74) is -0.238. The predicted molar refractivity (Wildman–Crippen MR) is 55.5 cm³/mol. The highest BCUT2D eigenvalue weighted by Crippen LogP contribution is 2.14. The number of nitrogens with zero attached hydrogens (tertiary/aromatic N) is 1. The van der Waals surface area contributed by atoms with Crippen LogP contribution in [0.1, 0.15) is 10.4 Å². The van der Waals surface area contributed by atoms with Crippen molar-refractivity contribution in [1.82, 2.24) is 9.55 Å². The van der Waals surface area contributed by atoms with Gasteiger partial charge in [-0.25, -0.2) is 18.4 Å². The van der Waals surface area contributed by atoms with Crippen LogP contribution >= 0.6 is 0 Å². The minimum atomic E-state index is -2.68. The van der Waals surface area contributed by atoms with Crippen molar-refractivity contribution in [2.24, 2.45) is 0 Å². The zero-order valence-electron chi connectivity index (χ0n) is 8.48. The van der Waals surface area contributed by atoms with Gasteiger partial charge in [0.25, 0.3) is 6.43 Å². The lowest BCUT2D eigenvalue weighted by Crippen LogP contribution is -2.20. The molecular formula is C10H8F2N2O3. The molecule has 0 atom stereocenters. The number of nitrogens with one attached hydrogen (secondary N) is 1. The summed E-state index contributed by atoms with van der Waals surface area (Å²) in [6.07, 6.45) is -2.68. The Morgan fingerprint density at radius 3 is 2.76 bits per heavy atom. The molecule has 0 saturated carbocycles. The Kier molecular flexibility index (Phi) is 2.66. The van der Waals surface area contributed by atoms with Gasteiger partial charge in [-0.15, -0.1) is 0 Å². The van der Waals surface area contributed by atoms with Crippen LogP contribution in [0.25, 0.3) is 11.0 Å². The molecule has 0 unspecified atom stereocenters. The Bertz CT molecular complexity index is 630. The number of H-pyrrole nitrogens is 1. The molecule has 90 valence electrons. The summed E-state index contributed by atoms with van der Waals surface area (Å²) < 4.78 is 25.4. The van der Waals surface area contributed by atoms with Crippen molar-refractivity contribution in [2.75, 3.05) is 0 Å². The zero-order chi connectivity index (χ0) is 12.6. The highest BCUT2D eigenvalue weighted by atomic mass is 19.3. The third-order valence-electron chi connectivity index (χ3n) is 2.34. The van der Waals surface area contributed by atoms with Crippen LogP contribution in [-0.4, -0.2) is 27.1 Å². The first-order valence-electron chi connectivity index (χ1n) is 4.73. The van der Waals surface area contributed by atoms with E-state index in [4.69, 9.17) is 5.11 Å². The average Bonchev–Trinajstić information content (AvgIpc) is 2.54. The Morgan fingerprint density at radius 2 is 2.18 bits per heavy atom. The van der Waals surface area contributed by atoms with Gasteiger partial charge in [0.05, 0.1) is 23.1 Å². The fourth-order valence-corrected chi connectivity index (χ4v) is 1.61. The summed E-state index contributed by atoms with van der Waals surface area (Å²) in [5.74, 6) is -1.18. The Morgan fingerprint density at radius 1 is 1.47 bits per heavy atom. The van der Waals surface area contributed by atoms with E-state index < -0.39 is 24.6 Å². The molecule has 0 saturated heterocycles. The number of aromatic carboxylic acids is 1. The van der Waals surface area contributed by atoms with E-state index in [1.165, 1.54) is 18.2 Å². The molecule has 17 heavy (non-hydrogen) atoms. The predicted octanol–water partition coefficient (Wildman–Crippen LogP) is 1.29. The molecule has 2 rings (SSSR count). The molecule has 0 radical (unpaired) electrons. The summed E-state index contributed by atoms with van der Waals surface area (Å²) in [4.78, 5) is 24.5. The summed E-state index contributed by atoms with van der Waals surface area (Å²) in [5, 5.41) is 8.78. The van der Waals surface area contributed by atoms with Crippen molar-refractivity contribution < 1.29 is 18.7 Å². The smallest absolute Gasteiger partial charge is 0.335 e. The van der Waals surface area contributed by atoms with Gasteiger partial charge in [-0.05, 0) is 18.2 Å². The molecule has 0 aliphatic heterocycles. The number of alkyl halides is 2. The van der Waals surface area contributed by atoms with E-state index >= 15 is 0 Å². The second kappa shape index (κ2) is 4.00. The lowest BCUT2D eigenvalue weighted by Gasteiger charge is -2.02. The highest BCUT2D eigenvalue weighted by molar-refractivity contribution is 5.92. The minimum Gasteiger partial charge on any atom is -0.478 e. The minimum absolute atomic E-state index is 0.0560. The molecule has 2 N–H and O–H groups in total. The van der Waals surface area contributed by atoms with Crippen LogP contribution in [0.3, 0.4) is 0 Å². The van der Waals surface area contributed by atoms with E-state index in [1.54, 1.807) is 0 Å². The van der Waals surface area contributed by atoms with E-state index in [0.717, 1.165) is 4.57 Å². The van der Waals surface area contributed by atoms with Gasteiger partial charge >= 0.3 is 11.7 Å². The van der Waals surface area contributed by atoms with Gasteiger partial charge in [0.2, 0.25) is 0 Å². The second-order valence-electron chi connectivity index (χ2n) is 3.47. The fraction of sp³-hybridized carbons (Fsp3) is 0.200. The van der Waals surface area contributed by atoms with E-state index in [0.29, 0.717) is 5.52 Å². The van der Waals surface area contributed by atoms with Crippen molar-refractivity contribution in [1.29, 1.82) is 0 Å². The molecule has 0 fully saturated rings. The number of aromatic nitrogens is 2. The molecule has 0 bridgehead atoms. The van der Waals surface area contributed by atoms with Crippen molar-refractivity contribution in [2.45, 2.75) is 13.0 Å². The van der Waals surface area contributed by atoms with E-state index in [-0.39, 0.29) is 11.1 Å². The largest absolute Gasteiger partial charge is 0.478 e. The number of rotatable bonds is 3. The Balaban J connectivity index is 2.65. The number of carboxylic acid groups (broad SMARTS) is 1. The van der Waals surface area contributed by atoms with Crippen molar-refractivity contribution in [3.63, 3.8) is 0 Å². The highest BCUT2D eigenvalue weighted by Gasteiger charge is 2.13. The van der Waals surface area contributed by atoms with Gasteiger partial charge in [-0.3, -0.25) is 4.57 Å². The number of aromatic amines is 1. The van der Waals surface area contributed by atoms with Crippen LogP contribution in [0, 0.1) is 0 Å². The molecule has 5 nitrogen and oxygen atoms in total. The van der Waals surface area contributed by atoms with Gasteiger partial charge in [0, 0.05) is 0 Å². The number of imidazole rings is 1. The number of benzene rings is 1. The number of carbonyl (C=O) groups is 1. The van der Waals surface area contributed by atoms with E-state index in [2.05, 4.69) is 4.98 Å². The molecule has 1 aromatic heterocycles. The molecule has 0 aliphatic rings. The average molecular weight is 242 g/mol. The van der Waals surface area contributed by atoms with Crippen LogP contribution in [-0.2, 0) is 6.54 Å². The first-order valence-corrected chi connectivity index (χ1v) is 4.73. The SMILES string of the molecule is O=C(O)c1ccc2[nH]c(=O)n(CC(F)F)c2c1. The third-order valence-corrected chi connectivity index (χ3v) is 2.34. The van der Waals surface area contributed by atoms with Crippen molar-refractivity contribution in [3.05, 3.63) is 34.2 Å². The lowest BCUT2D eigenvalue weighted by atomic mass is 10.2. The molecule has 2 aromatic rings. The van der Waals surface area contributed by atoms with Gasteiger partial charge in [-0.2, -0.15) is 0 Å². The Labute approximate surface area is 93.3 Å². The van der Waals surface area contributed by atoms with Gasteiger partial charge < -0.3 is 10.1 Å². The van der Waals surface area contributed by atoms with Crippen molar-refractivity contribution in [3.8, 4) is 0 Å². The standard InChI is InChI=1S/C10H8F2N2O3/c11-8(12)4-14-7-3-5(9(15)16)1-2-6(7)13-10(14)17/h1-3,8H,4H2,(H,13,17)(H,15,16). The Hall–Kier alpha value is -2.18.